The number of ether oxygens (including phenoxy) is 3. The smallest absolute Gasteiger partial charge is 0.232 e. The average Bonchev–Trinajstić information content (AvgIpc) is 3.17. The normalized spacial score (nSPS) is 16.0. The molecule has 0 N–H and O–H groups in total. The van der Waals surface area contributed by atoms with E-state index >= 15 is 0 Å². The van der Waals surface area contributed by atoms with Gasteiger partial charge in [-0.15, -0.1) is 0 Å². The molecule has 3 aromatic rings. The van der Waals surface area contributed by atoms with Crippen molar-refractivity contribution in [2.75, 3.05) is 32.8 Å². The van der Waals surface area contributed by atoms with Crippen LogP contribution in [0.5, 0.6) is 17.2 Å². The Morgan fingerprint density at radius 3 is 2.62 bits per heavy atom. The first-order valence-electron chi connectivity index (χ1n) is 11.3. The quantitative estimate of drug-likeness (QED) is 0.502. The highest BCUT2D eigenvalue weighted by molar-refractivity contribution is 6.15. The molecule has 0 saturated carbocycles. The highest BCUT2D eigenvalue weighted by Crippen LogP contribution is 2.44. The van der Waals surface area contributed by atoms with Crippen LogP contribution < -0.4 is 19.1 Å². The van der Waals surface area contributed by atoms with Crippen LogP contribution in [0, 0.1) is 6.92 Å². The molecule has 174 valence electrons. The van der Waals surface area contributed by atoms with Crippen molar-refractivity contribution < 1.29 is 19.0 Å². The first kappa shape index (κ1) is 22.0. The number of ketones is 1. The van der Waals surface area contributed by atoms with E-state index in [1.165, 1.54) is 0 Å². The highest BCUT2D eigenvalue weighted by Gasteiger charge is 2.35. The van der Waals surface area contributed by atoms with E-state index in [0.717, 1.165) is 39.4 Å². The van der Waals surface area contributed by atoms with Gasteiger partial charge in [-0.25, -0.2) is 0 Å². The first-order chi connectivity index (χ1) is 16.4. The van der Waals surface area contributed by atoms with Gasteiger partial charge in [0.25, 0.3) is 0 Å². The summed E-state index contributed by atoms with van der Waals surface area (Å²) in [5.74, 6) is 2.48. The van der Waals surface area contributed by atoms with Gasteiger partial charge in [-0.1, -0.05) is 30.3 Å². The number of aryl methyl sites for hydroxylation is 1. The molecule has 6 heteroatoms. The van der Waals surface area contributed by atoms with Gasteiger partial charge in [0.05, 0.1) is 18.2 Å². The summed E-state index contributed by atoms with van der Waals surface area (Å²) < 4.78 is 17.8. The maximum atomic E-state index is 13.3. The van der Waals surface area contributed by atoms with Crippen LogP contribution in [-0.2, 0) is 13.1 Å². The average molecular weight is 457 g/mol. The van der Waals surface area contributed by atoms with Crippen molar-refractivity contribution in [2.24, 2.45) is 0 Å². The lowest BCUT2D eigenvalue weighted by Gasteiger charge is -2.30. The molecule has 0 fully saturated rings. The third-order valence-electron chi connectivity index (χ3n) is 6.28. The third-order valence-corrected chi connectivity index (χ3v) is 6.28. The van der Waals surface area contributed by atoms with Gasteiger partial charge in [0.1, 0.15) is 24.0 Å². The monoisotopic (exact) mass is 456 g/mol. The Morgan fingerprint density at radius 2 is 1.88 bits per heavy atom. The Morgan fingerprint density at radius 1 is 1.12 bits per heavy atom. The van der Waals surface area contributed by atoms with Crippen LogP contribution in [0.4, 0.5) is 5.69 Å². The minimum Gasteiger partial charge on any atom is -0.496 e. The molecule has 0 unspecified atom stereocenters. The van der Waals surface area contributed by atoms with Crippen molar-refractivity contribution in [3.05, 3.63) is 88.2 Å². The van der Waals surface area contributed by atoms with Crippen molar-refractivity contribution in [2.45, 2.75) is 20.0 Å². The SMILES string of the molecule is COc1ccccc1CN1COc2cc(C)c3c(c2C1)O/C(=C\c1ccc(N(C)C)cc1)C3=O. The van der Waals surface area contributed by atoms with Crippen LogP contribution in [0.3, 0.4) is 0 Å². The summed E-state index contributed by atoms with van der Waals surface area (Å²) in [6, 6.07) is 17.9. The number of rotatable bonds is 5. The molecule has 0 aromatic heterocycles. The van der Waals surface area contributed by atoms with Gasteiger partial charge in [0.15, 0.2) is 5.76 Å². The Hall–Kier alpha value is -3.77. The zero-order chi connectivity index (χ0) is 23.8. The predicted octanol–water partition coefficient (Wildman–Crippen LogP) is 5.04. The zero-order valence-corrected chi connectivity index (χ0v) is 19.9. The van der Waals surface area contributed by atoms with E-state index in [1.807, 2.05) is 80.5 Å². The molecule has 0 radical (unpaired) electrons. The molecular weight excluding hydrogens is 428 g/mol. The second-order valence-electron chi connectivity index (χ2n) is 8.87. The molecule has 5 rings (SSSR count). The van der Waals surface area contributed by atoms with Crippen LogP contribution in [0.25, 0.3) is 6.08 Å². The van der Waals surface area contributed by atoms with Gasteiger partial charge in [-0.3, -0.25) is 9.69 Å². The lowest BCUT2D eigenvalue weighted by Crippen LogP contribution is -2.32. The predicted molar refractivity (Wildman–Crippen MR) is 133 cm³/mol. The van der Waals surface area contributed by atoms with Gasteiger partial charge in [-0.05, 0) is 48.4 Å². The molecule has 0 saturated heterocycles. The number of anilines is 1. The lowest BCUT2D eigenvalue weighted by molar-refractivity contribution is 0.0864. The van der Waals surface area contributed by atoms with Crippen LogP contribution in [0.1, 0.15) is 32.6 Å². The molecule has 34 heavy (non-hydrogen) atoms. The molecular formula is C28H28N2O4. The molecule has 2 aliphatic heterocycles. The van der Waals surface area contributed by atoms with Crippen molar-refractivity contribution >= 4 is 17.5 Å². The second-order valence-corrected chi connectivity index (χ2v) is 8.87. The molecule has 6 nitrogen and oxygen atoms in total. The van der Waals surface area contributed by atoms with Crippen molar-refractivity contribution in [3.63, 3.8) is 0 Å². The second kappa shape index (κ2) is 8.88. The van der Waals surface area contributed by atoms with Crippen LogP contribution in [0.2, 0.25) is 0 Å². The van der Waals surface area contributed by atoms with E-state index in [4.69, 9.17) is 14.2 Å². The number of benzene rings is 3. The maximum Gasteiger partial charge on any atom is 0.232 e. The van der Waals surface area contributed by atoms with E-state index in [1.54, 1.807) is 7.11 Å². The molecule has 2 heterocycles. The Bertz CT molecular complexity index is 1280. The molecule has 0 amide bonds. The van der Waals surface area contributed by atoms with Crippen LogP contribution in [0.15, 0.2) is 60.4 Å². The van der Waals surface area contributed by atoms with Crippen molar-refractivity contribution in [1.82, 2.24) is 4.90 Å². The van der Waals surface area contributed by atoms with Gasteiger partial charge >= 0.3 is 0 Å². The fourth-order valence-electron chi connectivity index (χ4n) is 4.47. The number of hydrogen-bond acceptors (Lipinski definition) is 6. The molecule has 0 bridgehead atoms. The molecule has 2 aliphatic rings. The topological polar surface area (TPSA) is 51.2 Å². The minimum absolute atomic E-state index is 0.0890. The third kappa shape index (κ3) is 4.01. The summed E-state index contributed by atoms with van der Waals surface area (Å²) in [5.41, 5.74) is 5.49. The van der Waals surface area contributed by atoms with Gasteiger partial charge < -0.3 is 19.1 Å². The molecule has 3 aromatic carbocycles. The van der Waals surface area contributed by atoms with Gasteiger partial charge in [0.2, 0.25) is 5.78 Å². The molecule has 0 atom stereocenters. The Kier molecular flexibility index (Phi) is 5.75. The number of methoxy groups -OCH3 is 1. The maximum absolute atomic E-state index is 13.3. The summed E-state index contributed by atoms with van der Waals surface area (Å²) in [7, 11) is 5.68. The number of Topliss-reactive ketones (excluding diaryl/α,β-unsaturated/α-hetero) is 1. The van der Waals surface area contributed by atoms with E-state index in [0.29, 0.717) is 36.9 Å². The van der Waals surface area contributed by atoms with Crippen LogP contribution >= 0.6 is 0 Å². The number of fused-ring (bicyclic) bond motifs is 3. The number of hydrogen-bond donors (Lipinski definition) is 0. The van der Waals surface area contributed by atoms with Crippen molar-refractivity contribution in [1.29, 1.82) is 0 Å². The molecule has 0 spiro atoms. The molecule has 0 aliphatic carbocycles. The van der Waals surface area contributed by atoms with Crippen molar-refractivity contribution in [3.8, 4) is 17.2 Å². The van der Waals surface area contributed by atoms with E-state index < -0.39 is 0 Å². The fraction of sp³-hybridized carbons (Fsp3) is 0.250. The Balaban J connectivity index is 1.43. The number of nitrogens with zero attached hydrogens (tertiary/aromatic N) is 2. The number of para-hydroxylation sites is 1. The highest BCUT2D eigenvalue weighted by atomic mass is 16.5. The summed E-state index contributed by atoms with van der Waals surface area (Å²) in [6.07, 6.45) is 1.81. The van der Waals surface area contributed by atoms with E-state index in [2.05, 4.69) is 11.0 Å². The summed E-state index contributed by atoms with van der Waals surface area (Å²) in [6.45, 7) is 3.67. The van der Waals surface area contributed by atoms with E-state index in [-0.39, 0.29) is 5.78 Å². The first-order valence-corrected chi connectivity index (χ1v) is 11.3. The standard InChI is InChI=1S/C28H28N2O4/c1-18-13-24-22(16-30(17-33-24)15-20-7-5-6-8-23(20)32-4)28-26(18)27(31)25(34-28)14-19-9-11-21(12-10-19)29(2)3/h5-14H,15-17H2,1-4H3/b25-14-. The van der Waals surface area contributed by atoms with E-state index in [9.17, 15) is 4.79 Å². The largest absolute Gasteiger partial charge is 0.496 e. The number of carbonyl (C=O) groups excluding carboxylic acids is 1. The fourth-order valence-corrected chi connectivity index (χ4v) is 4.47. The lowest BCUT2D eigenvalue weighted by atomic mass is 9.98. The number of allylic oxidation sites excluding steroid dienone is 1. The summed E-state index contributed by atoms with van der Waals surface area (Å²) >= 11 is 0. The van der Waals surface area contributed by atoms with Crippen LogP contribution in [-0.4, -0.2) is 38.6 Å². The Labute approximate surface area is 200 Å². The van der Waals surface area contributed by atoms with Gasteiger partial charge in [-0.2, -0.15) is 0 Å². The minimum atomic E-state index is -0.0890. The summed E-state index contributed by atoms with van der Waals surface area (Å²) in [5, 5.41) is 0. The zero-order valence-electron chi connectivity index (χ0n) is 19.9. The number of carbonyl (C=O) groups is 1. The van der Waals surface area contributed by atoms with Gasteiger partial charge in [0, 0.05) is 38.4 Å². The summed E-state index contributed by atoms with van der Waals surface area (Å²) in [4.78, 5) is 17.5.